The van der Waals surface area contributed by atoms with Gasteiger partial charge in [0.1, 0.15) is 11.6 Å². The largest absolute Gasteiger partial charge is 0.385 e. The van der Waals surface area contributed by atoms with Crippen molar-refractivity contribution in [2.75, 3.05) is 51.3 Å². The highest BCUT2D eigenvalue weighted by atomic mass is 16.5. The summed E-state index contributed by atoms with van der Waals surface area (Å²) in [5, 5.41) is 1.11. The van der Waals surface area contributed by atoms with Gasteiger partial charge in [-0.25, -0.2) is 9.97 Å². The maximum atomic E-state index is 11.9. The smallest absolute Gasteiger partial charge is 0.219 e. The number of aryl methyl sites for hydroxylation is 1. The summed E-state index contributed by atoms with van der Waals surface area (Å²) in [6.07, 6.45) is 5.75. The van der Waals surface area contributed by atoms with E-state index in [0.717, 1.165) is 81.3 Å². The van der Waals surface area contributed by atoms with Crippen molar-refractivity contribution >= 4 is 22.6 Å². The van der Waals surface area contributed by atoms with E-state index in [4.69, 9.17) is 14.7 Å². The molecule has 1 aromatic carbocycles. The molecule has 0 unspecified atom stereocenters. The third-order valence-corrected chi connectivity index (χ3v) is 6.94. The van der Waals surface area contributed by atoms with Crippen LogP contribution in [0.3, 0.4) is 0 Å². The summed E-state index contributed by atoms with van der Waals surface area (Å²) in [4.78, 5) is 28.9. The highest BCUT2D eigenvalue weighted by molar-refractivity contribution is 5.91. The molecule has 2 saturated heterocycles. The second-order valence-electron chi connectivity index (χ2n) is 9.18. The Morgan fingerprint density at radius 2 is 1.97 bits per heavy atom. The lowest BCUT2D eigenvalue weighted by Gasteiger charge is -2.35. The van der Waals surface area contributed by atoms with Gasteiger partial charge in [-0.15, -0.1) is 0 Å². The van der Waals surface area contributed by atoms with Crippen molar-refractivity contribution in [3.8, 4) is 0 Å². The summed E-state index contributed by atoms with van der Waals surface area (Å²) in [6, 6.07) is 6.89. The van der Waals surface area contributed by atoms with Gasteiger partial charge in [-0.05, 0) is 50.8 Å². The third kappa shape index (κ3) is 5.21. The number of amides is 1. The van der Waals surface area contributed by atoms with Crippen molar-refractivity contribution in [3.05, 3.63) is 29.6 Å². The number of para-hydroxylation sites is 1. The monoisotopic (exact) mass is 439 g/mol. The number of fused-ring (bicyclic) bond motifs is 1. The minimum absolute atomic E-state index is 0.156. The van der Waals surface area contributed by atoms with Crippen LogP contribution in [0.5, 0.6) is 0 Å². The fourth-order valence-corrected chi connectivity index (χ4v) is 5.11. The predicted octanol–water partition coefficient (Wildman–Crippen LogP) is 3.39. The first-order chi connectivity index (χ1) is 15.6. The van der Waals surface area contributed by atoms with E-state index in [-0.39, 0.29) is 5.91 Å². The molecule has 7 nitrogen and oxygen atoms in total. The molecule has 2 aliphatic heterocycles. The molecule has 4 rings (SSSR count). The summed E-state index contributed by atoms with van der Waals surface area (Å²) in [7, 11) is 1.78. The van der Waals surface area contributed by atoms with E-state index in [1.54, 1.807) is 14.0 Å². The highest BCUT2D eigenvalue weighted by Gasteiger charge is 2.25. The van der Waals surface area contributed by atoms with E-state index in [9.17, 15) is 4.79 Å². The fourth-order valence-electron chi connectivity index (χ4n) is 5.11. The molecule has 1 atom stereocenters. The number of aromatic nitrogens is 2. The molecule has 32 heavy (non-hydrogen) atoms. The second-order valence-corrected chi connectivity index (χ2v) is 9.18. The number of likely N-dealkylation sites (tertiary alicyclic amines) is 1. The Labute approximate surface area is 191 Å². The van der Waals surface area contributed by atoms with Gasteiger partial charge in [0.05, 0.1) is 12.1 Å². The SMILES string of the molecule is COCC[C@@H]1CCCCN1Cc1nc(N2CCCN(C(C)=O)CC2)c2cccc(C)c2n1. The average molecular weight is 440 g/mol. The molecule has 2 aliphatic rings. The zero-order valence-corrected chi connectivity index (χ0v) is 19.8. The van der Waals surface area contributed by atoms with Crippen LogP contribution in [0, 0.1) is 6.92 Å². The summed E-state index contributed by atoms with van der Waals surface area (Å²) in [5.74, 6) is 2.08. The number of rotatable bonds is 6. The quantitative estimate of drug-likeness (QED) is 0.688. The van der Waals surface area contributed by atoms with E-state index in [1.165, 1.54) is 24.8 Å². The number of benzene rings is 1. The van der Waals surface area contributed by atoms with Crippen molar-refractivity contribution in [1.29, 1.82) is 0 Å². The van der Waals surface area contributed by atoms with E-state index in [0.29, 0.717) is 6.04 Å². The Balaban J connectivity index is 1.64. The third-order valence-electron chi connectivity index (χ3n) is 6.94. The minimum atomic E-state index is 0.156. The van der Waals surface area contributed by atoms with Crippen molar-refractivity contribution in [3.63, 3.8) is 0 Å². The average Bonchev–Trinajstić information content (AvgIpc) is 3.05. The van der Waals surface area contributed by atoms with Crippen LogP contribution in [0.1, 0.15) is 50.4 Å². The van der Waals surface area contributed by atoms with Crippen LogP contribution in [-0.2, 0) is 16.1 Å². The Kier molecular flexibility index (Phi) is 7.58. The summed E-state index contributed by atoms with van der Waals surface area (Å²) in [6.45, 7) is 9.73. The van der Waals surface area contributed by atoms with Crippen molar-refractivity contribution < 1.29 is 9.53 Å². The summed E-state index contributed by atoms with van der Waals surface area (Å²) in [5.41, 5.74) is 2.23. The lowest BCUT2D eigenvalue weighted by Crippen LogP contribution is -2.40. The maximum Gasteiger partial charge on any atom is 0.219 e. The summed E-state index contributed by atoms with van der Waals surface area (Å²) >= 11 is 0. The number of ether oxygens (including phenoxy) is 1. The molecular weight excluding hydrogens is 402 g/mol. The molecule has 7 heteroatoms. The Hall–Kier alpha value is -2.25. The number of methoxy groups -OCH3 is 1. The van der Waals surface area contributed by atoms with Crippen molar-refractivity contribution in [1.82, 2.24) is 19.8 Å². The molecule has 0 saturated carbocycles. The van der Waals surface area contributed by atoms with Crippen LogP contribution in [0.25, 0.3) is 10.9 Å². The molecule has 1 amide bonds. The summed E-state index contributed by atoms with van der Waals surface area (Å²) < 4.78 is 5.36. The lowest BCUT2D eigenvalue weighted by molar-refractivity contribution is -0.128. The standard InChI is InChI=1S/C25H37N5O2/c1-19-8-6-10-22-24(19)26-23(18-30-12-5-4-9-21(30)11-17-32-3)27-25(22)29-14-7-13-28(15-16-29)20(2)31/h6,8,10,21H,4-5,7,9,11-18H2,1-3H3/t21-/m0/s1. The van der Waals surface area contributed by atoms with Gasteiger partial charge in [-0.2, -0.15) is 0 Å². The second kappa shape index (κ2) is 10.6. The normalized spacial score (nSPS) is 20.5. The van der Waals surface area contributed by atoms with Gasteiger partial charge in [0.2, 0.25) is 5.91 Å². The number of carbonyl (C=O) groups excluding carboxylic acids is 1. The number of carbonyl (C=O) groups is 1. The Morgan fingerprint density at radius 1 is 1.09 bits per heavy atom. The highest BCUT2D eigenvalue weighted by Crippen LogP contribution is 2.28. The van der Waals surface area contributed by atoms with Crippen molar-refractivity contribution in [2.24, 2.45) is 0 Å². The minimum Gasteiger partial charge on any atom is -0.385 e. The number of nitrogens with zero attached hydrogens (tertiary/aromatic N) is 5. The number of piperidine rings is 1. The molecule has 3 heterocycles. The van der Waals surface area contributed by atoms with E-state index < -0.39 is 0 Å². The van der Waals surface area contributed by atoms with Crippen LogP contribution in [0.4, 0.5) is 5.82 Å². The Morgan fingerprint density at radius 3 is 2.78 bits per heavy atom. The molecule has 2 aromatic rings. The zero-order chi connectivity index (χ0) is 22.5. The van der Waals surface area contributed by atoms with Crippen LogP contribution in [0.2, 0.25) is 0 Å². The topological polar surface area (TPSA) is 61.8 Å². The van der Waals surface area contributed by atoms with Gasteiger partial charge in [0.15, 0.2) is 0 Å². The van der Waals surface area contributed by atoms with E-state index in [2.05, 4.69) is 34.9 Å². The molecule has 0 aliphatic carbocycles. The molecule has 174 valence electrons. The first kappa shape index (κ1) is 22.9. The van der Waals surface area contributed by atoms with E-state index in [1.807, 2.05) is 4.90 Å². The van der Waals surface area contributed by atoms with Gasteiger partial charge in [-0.1, -0.05) is 18.6 Å². The van der Waals surface area contributed by atoms with Crippen LogP contribution in [-0.4, -0.2) is 78.2 Å². The lowest BCUT2D eigenvalue weighted by atomic mass is 9.99. The van der Waals surface area contributed by atoms with Gasteiger partial charge < -0.3 is 14.5 Å². The molecule has 0 spiro atoms. The number of anilines is 1. The molecular formula is C25H37N5O2. The Bertz CT molecular complexity index is 934. The van der Waals surface area contributed by atoms with Gasteiger partial charge in [0.25, 0.3) is 0 Å². The number of hydrogen-bond donors (Lipinski definition) is 0. The maximum absolute atomic E-state index is 11.9. The molecule has 1 aromatic heterocycles. The molecule has 0 radical (unpaired) electrons. The fraction of sp³-hybridized carbons (Fsp3) is 0.640. The zero-order valence-electron chi connectivity index (χ0n) is 19.8. The predicted molar refractivity (Wildman–Crippen MR) is 128 cm³/mol. The van der Waals surface area contributed by atoms with E-state index >= 15 is 0 Å². The first-order valence-electron chi connectivity index (χ1n) is 12.1. The van der Waals surface area contributed by atoms with Gasteiger partial charge in [-0.3, -0.25) is 9.69 Å². The van der Waals surface area contributed by atoms with Crippen LogP contribution in [0.15, 0.2) is 18.2 Å². The van der Waals surface area contributed by atoms with Crippen LogP contribution >= 0.6 is 0 Å². The number of hydrogen-bond acceptors (Lipinski definition) is 6. The molecule has 0 bridgehead atoms. The van der Waals surface area contributed by atoms with Crippen molar-refractivity contribution in [2.45, 2.75) is 58.5 Å². The van der Waals surface area contributed by atoms with Crippen LogP contribution < -0.4 is 4.90 Å². The van der Waals surface area contributed by atoms with Gasteiger partial charge >= 0.3 is 0 Å². The molecule has 0 N–H and O–H groups in total. The first-order valence-corrected chi connectivity index (χ1v) is 12.1. The molecule has 2 fully saturated rings. The van der Waals surface area contributed by atoms with Gasteiger partial charge in [0, 0.05) is 58.2 Å².